The highest BCUT2D eigenvalue weighted by Gasteiger charge is 2.40. The van der Waals surface area contributed by atoms with Crippen LogP contribution in [0.25, 0.3) is 10.9 Å². The molecule has 0 spiro atoms. The smallest absolute Gasteiger partial charge is 0.193 e. The Labute approximate surface area is 135 Å². The fourth-order valence-corrected chi connectivity index (χ4v) is 4.09. The molecule has 1 aliphatic heterocycles. The van der Waals surface area contributed by atoms with E-state index in [0.29, 0.717) is 23.6 Å². The third kappa shape index (κ3) is 2.05. The lowest BCUT2D eigenvalue weighted by molar-refractivity contribution is 0.0935. The Hall–Kier alpha value is -2.36. The van der Waals surface area contributed by atoms with Crippen LogP contribution in [0.3, 0.4) is 0 Å². The molecule has 23 heavy (non-hydrogen) atoms. The molecule has 2 aromatic rings. The zero-order valence-corrected chi connectivity index (χ0v) is 13.4. The van der Waals surface area contributed by atoms with E-state index in [1.54, 1.807) is 0 Å². The second-order valence-corrected chi connectivity index (χ2v) is 6.68. The van der Waals surface area contributed by atoms with Crippen molar-refractivity contribution >= 4 is 22.5 Å². The van der Waals surface area contributed by atoms with E-state index in [-0.39, 0.29) is 17.5 Å². The van der Waals surface area contributed by atoms with Crippen LogP contribution in [0.4, 0.5) is 0 Å². The summed E-state index contributed by atoms with van der Waals surface area (Å²) in [6, 6.07) is 7.66. The molecule has 4 heteroatoms. The van der Waals surface area contributed by atoms with Gasteiger partial charge in [0.05, 0.1) is 11.3 Å². The number of H-pyrrole nitrogens is 1. The molecule has 0 unspecified atom stereocenters. The molecule has 118 valence electrons. The number of hydrogen-bond acceptors (Lipinski definition) is 3. The van der Waals surface area contributed by atoms with E-state index in [0.717, 1.165) is 29.4 Å². The summed E-state index contributed by atoms with van der Waals surface area (Å²) in [5, 5.41) is 0.851. The van der Waals surface area contributed by atoms with Crippen molar-refractivity contribution in [2.24, 2.45) is 11.8 Å². The number of ketones is 2. The summed E-state index contributed by atoms with van der Waals surface area (Å²) >= 11 is 0. The maximum atomic E-state index is 13.2. The van der Waals surface area contributed by atoms with Gasteiger partial charge in [0.2, 0.25) is 0 Å². The van der Waals surface area contributed by atoms with Gasteiger partial charge in [-0.05, 0) is 12.0 Å². The van der Waals surface area contributed by atoms with Crippen LogP contribution in [-0.4, -0.2) is 35.0 Å². The van der Waals surface area contributed by atoms with Crippen LogP contribution >= 0.6 is 0 Å². The highest BCUT2D eigenvalue weighted by molar-refractivity contribution is 6.23. The van der Waals surface area contributed by atoms with Gasteiger partial charge in [-0.1, -0.05) is 31.5 Å². The van der Waals surface area contributed by atoms with E-state index in [4.69, 9.17) is 0 Å². The number of fused-ring (bicyclic) bond motifs is 4. The summed E-state index contributed by atoms with van der Waals surface area (Å²) in [7, 11) is 2.00. The summed E-state index contributed by atoms with van der Waals surface area (Å²) in [6.45, 7) is 3.04. The summed E-state index contributed by atoms with van der Waals surface area (Å²) in [6.07, 6.45) is 3.34. The van der Waals surface area contributed by atoms with Crippen molar-refractivity contribution < 1.29 is 9.59 Å². The minimum Gasteiger partial charge on any atom is -0.380 e. The summed E-state index contributed by atoms with van der Waals surface area (Å²) in [4.78, 5) is 31.3. The molecule has 0 saturated heterocycles. The van der Waals surface area contributed by atoms with E-state index in [1.165, 1.54) is 0 Å². The lowest BCUT2D eigenvalue weighted by Gasteiger charge is -2.35. The van der Waals surface area contributed by atoms with Crippen molar-refractivity contribution in [2.45, 2.75) is 19.8 Å². The maximum Gasteiger partial charge on any atom is 0.193 e. The predicted octanol–water partition coefficient (Wildman–Crippen LogP) is 3.41. The lowest BCUT2D eigenvalue weighted by Crippen LogP contribution is -2.35. The Morgan fingerprint density at radius 2 is 2.04 bits per heavy atom. The van der Waals surface area contributed by atoms with Crippen molar-refractivity contribution in [3.8, 4) is 0 Å². The van der Waals surface area contributed by atoms with E-state index in [2.05, 4.69) is 16.8 Å². The number of carbonyl (C=O) groups excluding carboxylic acids is 2. The lowest BCUT2D eigenvalue weighted by atomic mass is 9.78. The van der Waals surface area contributed by atoms with Gasteiger partial charge in [0, 0.05) is 48.6 Å². The first-order valence-corrected chi connectivity index (χ1v) is 8.20. The van der Waals surface area contributed by atoms with E-state index in [1.807, 2.05) is 37.5 Å². The molecule has 0 saturated carbocycles. The zero-order valence-electron chi connectivity index (χ0n) is 13.4. The number of nitrogens with zero attached hydrogens (tertiary/aromatic N) is 1. The van der Waals surface area contributed by atoms with Gasteiger partial charge in [0.15, 0.2) is 11.6 Å². The number of rotatable bonds is 1. The summed E-state index contributed by atoms with van der Waals surface area (Å²) in [5.74, 6) is 0.457. The normalized spacial score (nSPS) is 24.3. The van der Waals surface area contributed by atoms with Crippen LogP contribution < -0.4 is 0 Å². The molecule has 0 amide bonds. The molecule has 0 radical (unpaired) electrons. The predicted molar refractivity (Wildman–Crippen MR) is 89.6 cm³/mol. The molecule has 0 fully saturated rings. The van der Waals surface area contributed by atoms with E-state index >= 15 is 0 Å². The fourth-order valence-electron chi connectivity index (χ4n) is 4.09. The van der Waals surface area contributed by atoms with Crippen LogP contribution in [0, 0.1) is 11.8 Å². The number of Topliss-reactive ketones (excluding diaryl/α,β-unsaturated/α-hetero) is 2. The number of aromatic amines is 1. The standard InChI is InChI=1S/C19H20N2O2/c1-3-11-9-21(2)10-14-13(11)8-16(22)18-17(19(14)23)12-6-4-5-7-15(12)20-18/h4-7,10-11,13,20H,3,8-9H2,1-2H3/t11-,13-/m0/s1. The first-order chi connectivity index (χ1) is 11.1. The second-order valence-electron chi connectivity index (χ2n) is 6.68. The number of nitrogens with one attached hydrogen (secondary N) is 1. The Morgan fingerprint density at radius 3 is 2.83 bits per heavy atom. The fraction of sp³-hybridized carbons (Fsp3) is 0.368. The van der Waals surface area contributed by atoms with Crippen molar-refractivity contribution in [1.82, 2.24) is 9.88 Å². The van der Waals surface area contributed by atoms with Crippen LogP contribution in [0.15, 0.2) is 36.0 Å². The number of benzene rings is 1. The Bertz CT molecular complexity index is 846. The van der Waals surface area contributed by atoms with Crippen molar-refractivity contribution in [2.75, 3.05) is 13.6 Å². The number of aromatic nitrogens is 1. The maximum absolute atomic E-state index is 13.2. The molecular formula is C19H20N2O2. The summed E-state index contributed by atoms with van der Waals surface area (Å²) < 4.78 is 0. The minimum absolute atomic E-state index is 0.0123. The Balaban J connectivity index is 1.94. The monoisotopic (exact) mass is 308 g/mol. The highest BCUT2D eigenvalue weighted by atomic mass is 16.1. The SMILES string of the molecule is CC[C@H]1CN(C)C=C2C(=O)c3c([nH]c4ccccc34)C(=O)C[C@H]21. The van der Waals surface area contributed by atoms with Gasteiger partial charge in [-0.3, -0.25) is 9.59 Å². The van der Waals surface area contributed by atoms with Crippen LogP contribution in [0.5, 0.6) is 0 Å². The molecule has 1 aliphatic carbocycles. The molecule has 4 nitrogen and oxygen atoms in total. The van der Waals surface area contributed by atoms with Crippen LogP contribution in [-0.2, 0) is 0 Å². The summed E-state index contributed by atoms with van der Waals surface area (Å²) in [5.41, 5.74) is 2.70. The Kier molecular flexibility index (Phi) is 3.15. The van der Waals surface area contributed by atoms with Crippen molar-refractivity contribution in [3.63, 3.8) is 0 Å². The van der Waals surface area contributed by atoms with Gasteiger partial charge >= 0.3 is 0 Å². The topological polar surface area (TPSA) is 53.2 Å². The van der Waals surface area contributed by atoms with Gasteiger partial charge < -0.3 is 9.88 Å². The molecular weight excluding hydrogens is 288 g/mol. The number of allylic oxidation sites excluding steroid dienone is 1. The number of hydrogen-bond donors (Lipinski definition) is 1. The molecule has 0 bridgehead atoms. The quantitative estimate of drug-likeness (QED) is 0.878. The second kappa shape index (κ2) is 5.08. The highest BCUT2D eigenvalue weighted by Crippen LogP contribution is 2.39. The average molecular weight is 308 g/mol. The first kappa shape index (κ1) is 14.2. The average Bonchev–Trinajstić information content (AvgIpc) is 2.90. The molecule has 1 aromatic heterocycles. The largest absolute Gasteiger partial charge is 0.380 e. The molecule has 1 aromatic carbocycles. The van der Waals surface area contributed by atoms with E-state index in [9.17, 15) is 9.59 Å². The van der Waals surface area contributed by atoms with Gasteiger partial charge in [-0.25, -0.2) is 0 Å². The van der Waals surface area contributed by atoms with Gasteiger partial charge in [0.25, 0.3) is 0 Å². The molecule has 1 N–H and O–H groups in total. The first-order valence-electron chi connectivity index (χ1n) is 8.20. The molecule has 2 atom stereocenters. The Morgan fingerprint density at radius 1 is 1.26 bits per heavy atom. The van der Waals surface area contributed by atoms with Gasteiger partial charge in [0.1, 0.15) is 0 Å². The number of para-hydroxylation sites is 1. The molecule has 2 aliphatic rings. The molecule has 2 heterocycles. The van der Waals surface area contributed by atoms with Gasteiger partial charge in [-0.15, -0.1) is 0 Å². The zero-order chi connectivity index (χ0) is 16.1. The van der Waals surface area contributed by atoms with Gasteiger partial charge in [-0.2, -0.15) is 0 Å². The van der Waals surface area contributed by atoms with Crippen molar-refractivity contribution in [1.29, 1.82) is 0 Å². The van der Waals surface area contributed by atoms with Crippen molar-refractivity contribution in [3.05, 3.63) is 47.3 Å². The van der Waals surface area contributed by atoms with Crippen LogP contribution in [0.1, 0.15) is 40.6 Å². The molecule has 4 rings (SSSR count). The van der Waals surface area contributed by atoms with E-state index < -0.39 is 0 Å². The van der Waals surface area contributed by atoms with Crippen LogP contribution in [0.2, 0.25) is 0 Å². The third-order valence-electron chi connectivity index (χ3n) is 5.25. The number of carbonyl (C=O) groups is 2. The third-order valence-corrected chi connectivity index (χ3v) is 5.25. The minimum atomic E-state index is 0.0123.